The molecule has 0 radical (unpaired) electrons. The summed E-state index contributed by atoms with van der Waals surface area (Å²) in [5.41, 5.74) is 8.61. The molecule has 0 bridgehead atoms. The number of hydrogen-bond donors (Lipinski definition) is 3. The summed E-state index contributed by atoms with van der Waals surface area (Å²) in [6, 6.07) is 15.5. The largest absolute Gasteiger partial charge is 0.368 e. The summed E-state index contributed by atoms with van der Waals surface area (Å²) in [5.74, 6) is 0.771. The first-order valence-corrected chi connectivity index (χ1v) is 10.2. The molecule has 4 rings (SSSR count). The maximum Gasteiger partial charge on any atom is 0.155 e. The second-order valence-corrected chi connectivity index (χ2v) is 7.58. The number of rotatable bonds is 5. The number of anilines is 1. The molecule has 1 aliphatic rings. The van der Waals surface area contributed by atoms with Gasteiger partial charge < -0.3 is 10.7 Å². The lowest BCUT2D eigenvalue weighted by Gasteiger charge is -2.11. The van der Waals surface area contributed by atoms with Gasteiger partial charge in [0.1, 0.15) is 0 Å². The van der Waals surface area contributed by atoms with Gasteiger partial charge in [-0.25, -0.2) is 0 Å². The third kappa shape index (κ3) is 3.76. The van der Waals surface area contributed by atoms with E-state index in [9.17, 15) is 0 Å². The lowest BCUT2D eigenvalue weighted by molar-refractivity contribution is 0.694. The Labute approximate surface area is 179 Å². The Kier molecular flexibility index (Phi) is 5.60. The molecule has 1 atom stereocenters. The molecule has 2 heterocycles. The van der Waals surface area contributed by atoms with Crippen LogP contribution < -0.4 is 10.7 Å². The van der Waals surface area contributed by atoms with Gasteiger partial charge in [-0.05, 0) is 32.1 Å². The highest BCUT2D eigenvalue weighted by molar-refractivity contribution is 6.36. The Balaban J connectivity index is 1.86. The van der Waals surface area contributed by atoms with Gasteiger partial charge in [0.2, 0.25) is 0 Å². The van der Waals surface area contributed by atoms with Crippen LogP contribution in [0.15, 0.2) is 59.2 Å². The lowest BCUT2D eigenvalue weighted by atomic mass is 9.95. The first kappa shape index (κ1) is 19.6. The number of aromatic nitrogens is 2. The number of nitrogens with one attached hydrogen (secondary N) is 3. The van der Waals surface area contributed by atoms with E-state index in [2.05, 4.69) is 39.0 Å². The van der Waals surface area contributed by atoms with Crippen molar-refractivity contribution in [2.24, 2.45) is 5.10 Å². The van der Waals surface area contributed by atoms with Gasteiger partial charge >= 0.3 is 0 Å². The third-order valence-electron chi connectivity index (χ3n) is 4.83. The molecule has 2 aromatic carbocycles. The Morgan fingerprint density at radius 2 is 1.69 bits per heavy atom. The molecule has 3 N–H and O–H groups in total. The van der Waals surface area contributed by atoms with E-state index in [1.165, 1.54) is 0 Å². The van der Waals surface area contributed by atoms with Crippen LogP contribution >= 0.6 is 23.2 Å². The normalized spacial score (nSPS) is 17.3. The van der Waals surface area contributed by atoms with Gasteiger partial charge in [0.05, 0.1) is 22.5 Å². The number of aromatic amines is 1. The highest BCUT2D eigenvalue weighted by Crippen LogP contribution is 2.35. The highest BCUT2D eigenvalue weighted by atomic mass is 35.5. The molecule has 0 fully saturated rings. The molecule has 1 unspecified atom stereocenters. The molecule has 29 heavy (non-hydrogen) atoms. The Morgan fingerprint density at radius 1 is 1.03 bits per heavy atom. The summed E-state index contributed by atoms with van der Waals surface area (Å²) in [6.45, 7) is 4.86. The van der Waals surface area contributed by atoms with Gasteiger partial charge in [-0.1, -0.05) is 59.6 Å². The van der Waals surface area contributed by atoms with Crippen molar-refractivity contribution < 1.29 is 0 Å². The van der Waals surface area contributed by atoms with Crippen molar-refractivity contribution >= 4 is 40.8 Å². The average molecular weight is 426 g/mol. The minimum atomic E-state index is 0.0322. The predicted octanol–water partition coefficient (Wildman–Crippen LogP) is 5.59. The van der Waals surface area contributed by atoms with E-state index in [-0.39, 0.29) is 6.04 Å². The van der Waals surface area contributed by atoms with Gasteiger partial charge in [0.25, 0.3) is 0 Å². The zero-order valence-electron chi connectivity index (χ0n) is 16.1. The van der Waals surface area contributed by atoms with Crippen LogP contribution in [0.1, 0.15) is 25.0 Å². The molecule has 1 aromatic heterocycles. The van der Waals surface area contributed by atoms with Gasteiger partial charge in [-0.2, -0.15) is 10.2 Å². The zero-order valence-corrected chi connectivity index (χ0v) is 17.6. The number of hydrazone groups is 1. The average Bonchev–Trinajstić information content (AvgIpc) is 3.28. The van der Waals surface area contributed by atoms with Crippen LogP contribution in [0.5, 0.6) is 0 Å². The molecule has 148 valence electrons. The summed E-state index contributed by atoms with van der Waals surface area (Å²) < 4.78 is 0. The molecular weight excluding hydrogens is 405 g/mol. The van der Waals surface area contributed by atoms with Crippen LogP contribution in [0.4, 0.5) is 5.82 Å². The topological polar surface area (TPSA) is 65.1 Å². The molecule has 0 saturated carbocycles. The second-order valence-electron chi connectivity index (χ2n) is 6.76. The molecule has 0 aliphatic carbocycles. The third-order valence-corrected chi connectivity index (χ3v) is 5.49. The van der Waals surface area contributed by atoms with E-state index in [0.717, 1.165) is 46.0 Å². The van der Waals surface area contributed by atoms with Crippen molar-refractivity contribution in [1.29, 1.82) is 0 Å². The van der Waals surface area contributed by atoms with E-state index in [4.69, 9.17) is 23.2 Å². The van der Waals surface area contributed by atoms with E-state index in [1.54, 1.807) is 0 Å². The van der Waals surface area contributed by atoms with Gasteiger partial charge in [-0.3, -0.25) is 5.10 Å². The van der Waals surface area contributed by atoms with Gasteiger partial charge in [0.15, 0.2) is 5.82 Å². The maximum absolute atomic E-state index is 6.47. The molecule has 0 spiro atoms. The molecule has 7 heteroatoms. The summed E-state index contributed by atoms with van der Waals surface area (Å²) in [4.78, 5) is 0. The van der Waals surface area contributed by atoms with E-state index >= 15 is 0 Å². The smallest absolute Gasteiger partial charge is 0.155 e. The van der Waals surface area contributed by atoms with Crippen LogP contribution in [0.3, 0.4) is 0 Å². The molecular formula is C22H21Cl2N5. The number of H-pyrrole nitrogens is 1. The van der Waals surface area contributed by atoms with E-state index < -0.39 is 0 Å². The monoisotopic (exact) mass is 425 g/mol. The minimum Gasteiger partial charge on any atom is -0.368 e. The Morgan fingerprint density at radius 3 is 2.34 bits per heavy atom. The highest BCUT2D eigenvalue weighted by Gasteiger charge is 2.26. The quantitative estimate of drug-likeness (QED) is 0.498. The predicted molar refractivity (Wildman–Crippen MR) is 122 cm³/mol. The number of halogens is 2. The molecule has 0 amide bonds. The Hall–Kier alpha value is -2.76. The van der Waals surface area contributed by atoms with Crippen molar-refractivity contribution in [2.75, 3.05) is 11.9 Å². The SMILES string of the molecule is CCNc1n[nH]c(-c2ccccc2Cl)c1/C=C1/C(c2ccccc2Cl)=NNC1C. The summed E-state index contributed by atoms with van der Waals surface area (Å²) in [5, 5.41) is 16.8. The van der Waals surface area contributed by atoms with Crippen molar-refractivity contribution in [2.45, 2.75) is 19.9 Å². The van der Waals surface area contributed by atoms with E-state index in [0.29, 0.717) is 10.0 Å². The van der Waals surface area contributed by atoms with E-state index in [1.807, 2.05) is 55.5 Å². The van der Waals surface area contributed by atoms with Crippen molar-refractivity contribution in [1.82, 2.24) is 15.6 Å². The molecule has 1 aliphatic heterocycles. The van der Waals surface area contributed by atoms with Crippen LogP contribution in [-0.4, -0.2) is 28.5 Å². The van der Waals surface area contributed by atoms with Gasteiger partial charge in [0, 0.05) is 33.8 Å². The van der Waals surface area contributed by atoms with Gasteiger partial charge in [-0.15, -0.1) is 0 Å². The standard InChI is InChI=1S/C22H21Cl2N5/c1-3-25-22-17(21(28-29-22)15-9-5-7-11-19(15)24)12-16-13(2)26-27-20(16)14-8-4-6-10-18(14)23/h4-13,26H,3H2,1-2H3,(H2,25,28,29)/b16-12+. The number of nitrogens with zero attached hydrogens (tertiary/aromatic N) is 2. The lowest BCUT2D eigenvalue weighted by Crippen LogP contribution is -2.17. The first-order valence-electron chi connectivity index (χ1n) is 9.47. The van der Waals surface area contributed by atoms with Crippen molar-refractivity contribution in [3.8, 4) is 11.3 Å². The fourth-order valence-corrected chi connectivity index (χ4v) is 3.84. The minimum absolute atomic E-state index is 0.0322. The van der Waals surface area contributed by atoms with Crippen LogP contribution in [0.25, 0.3) is 17.3 Å². The van der Waals surface area contributed by atoms with Crippen LogP contribution in [-0.2, 0) is 0 Å². The van der Waals surface area contributed by atoms with Crippen molar-refractivity contribution in [3.05, 3.63) is 75.3 Å². The molecule has 3 aromatic rings. The second kappa shape index (κ2) is 8.31. The fourth-order valence-electron chi connectivity index (χ4n) is 3.38. The number of benzene rings is 2. The zero-order chi connectivity index (χ0) is 20.4. The summed E-state index contributed by atoms with van der Waals surface area (Å²) >= 11 is 12.9. The first-order chi connectivity index (χ1) is 14.1. The summed E-state index contributed by atoms with van der Waals surface area (Å²) in [7, 11) is 0. The summed E-state index contributed by atoms with van der Waals surface area (Å²) in [6.07, 6.45) is 2.10. The molecule has 0 saturated heterocycles. The molecule has 5 nitrogen and oxygen atoms in total. The van der Waals surface area contributed by atoms with Crippen LogP contribution in [0, 0.1) is 0 Å². The fraction of sp³-hybridized carbons (Fsp3) is 0.182. The Bertz CT molecular complexity index is 1100. The maximum atomic E-state index is 6.47. The number of hydrogen-bond acceptors (Lipinski definition) is 4. The van der Waals surface area contributed by atoms with Crippen molar-refractivity contribution in [3.63, 3.8) is 0 Å². The van der Waals surface area contributed by atoms with Crippen LogP contribution in [0.2, 0.25) is 10.0 Å².